The van der Waals surface area contributed by atoms with E-state index in [0.29, 0.717) is 10.7 Å². The number of halogens is 4. The van der Waals surface area contributed by atoms with Crippen LogP contribution in [-0.2, 0) is 6.18 Å². The molecule has 11 heteroatoms. The quantitative estimate of drug-likeness (QED) is 0.395. The van der Waals surface area contributed by atoms with E-state index < -0.39 is 22.4 Å². The normalized spacial score (nSPS) is 11.2. The van der Waals surface area contributed by atoms with Crippen LogP contribution in [0, 0.1) is 17.0 Å². The van der Waals surface area contributed by atoms with Crippen LogP contribution in [0.15, 0.2) is 48.8 Å². The average molecular weight is 424 g/mol. The molecule has 29 heavy (non-hydrogen) atoms. The molecule has 0 saturated carbocycles. The molecule has 0 saturated heterocycles. The Balaban J connectivity index is 1.95. The fourth-order valence-electron chi connectivity index (χ4n) is 2.47. The molecule has 0 aliphatic heterocycles. The van der Waals surface area contributed by atoms with E-state index in [9.17, 15) is 23.3 Å². The molecule has 0 amide bonds. The highest BCUT2D eigenvalue weighted by Gasteiger charge is 2.30. The van der Waals surface area contributed by atoms with Gasteiger partial charge in [-0.15, -0.1) is 0 Å². The van der Waals surface area contributed by atoms with Crippen LogP contribution in [0.25, 0.3) is 0 Å². The van der Waals surface area contributed by atoms with E-state index in [0.717, 1.165) is 36.2 Å². The van der Waals surface area contributed by atoms with Crippen molar-refractivity contribution in [1.29, 1.82) is 0 Å². The van der Waals surface area contributed by atoms with E-state index in [1.807, 2.05) is 0 Å². The number of anilines is 4. The zero-order valence-corrected chi connectivity index (χ0v) is 15.5. The maximum absolute atomic E-state index is 12.7. The molecule has 0 radical (unpaired) electrons. The molecule has 2 aromatic carbocycles. The molecule has 0 fully saturated rings. The summed E-state index contributed by atoms with van der Waals surface area (Å²) >= 11 is 5.97. The van der Waals surface area contributed by atoms with Crippen molar-refractivity contribution in [2.24, 2.45) is 0 Å². The Hall–Kier alpha value is -3.40. The van der Waals surface area contributed by atoms with Crippen LogP contribution in [0.3, 0.4) is 0 Å². The summed E-state index contributed by atoms with van der Waals surface area (Å²) in [5.41, 5.74) is 0.190. The lowest BCUT2D eigenvalue weighted by atomic mass is 10.2. The molecule has 0 bridgehead atoms. The van der Waals surface area contributed by atoms with Crippen LogP contribution < -0.4 is 10.6 Å². The second-order valence-corrected chi connectivity index (χ2v) is 6.40. The number of alkyl halides is 3. The minimum Gasteiger partial charge on any atom is -0.334 e. The van der Waals surface area contributed by atoms with Gasteiger partial charge in [0, 0.05) is 16.4 Å². The molecule has 0 unspecified atom stereocenters. The number of aryl methyl sites for hydroxylation is 1. The van der Waals surface area contributed by atoms with Gasteiger partial charge < -0.3 is 10.6 Å². The summed E-state index contributed by atoms with van der Waals surface area (Å²) in [6.07, 6.45) is -3.38. The molecule has 0 aliphatic rings. The number of hydrogen-bond donors (Lipinski definition) is 2. The second kappa shape index (κ2) is 7.92. The first-order valence-corrected chi connectivity index (χ1v) is 8.50. The predicted octanol–water partition coefficient (Wildman–Crippen LogP) is 5.85. The van der Waals surface area contributed by atoms with Gasteiger partial charge in [0.1, 0.15) is 6.33 Å². The summed E-state index contributed by atoms with van der Waals surface area (Å²) in [5.74, 6) is -0.267. The summed E-state index contributed by atoms with van der Waals surface area (Å²) < 4.78 is 38.1. The Morgan fingerprint density at radius 3 is 2.24 bits per heavy atom. The summed E-state index contributed by atoms with van der Waals surface area (Å²) in [6.45, 7) is 1.78. The summed E-state index contributed by atoms with van der Waals surface area (Å²) in [5, 5.41) is 17.6. The Labute approximate surface area is 167 Å². The molecule has 3 rings (SSSR count). The number of hydrogen-bond acceptors (Lipinski definition) is 6. The summed E-state index contributed by atoms with van der Waals surface area (Å²) in [7, 11) is 0. The highest BCUT2D eigenvalue weighted by atomic mass is 35.5. The van der Waals surface area contributed by atoms with Gasteiger partial charge in [0.05, 0.1) is 10.5 Å². The number of rotatable bonds is 5. The Morgan fingerprint density at radius 2 is 1.66 bits per heavy atom. The molecule has 7 nitrogen and oxygen atoms in total. The van der Waals surface area contributed by atoms with E-state index in [1.54, 1.807) is 25.1 Å². The van der Waals surface area contributed by atoms with Crippen LogP contribution >= 0.6 is 11.6 Å². The number of nitrogens with zero attached hydrogens (tertiary/aromatic N) is 3. The molecular weight excluding hydrogens is 411 g/mol. The lowest BCUT2D eigenvalue weighted by Crippen LogP contribution is -2.07. The third-order valence-electron chi connectivity index (χ3n) is 3.93. The number of nitrogens with one attached hydrogen (secondary N) is 2. The fourth-order valence-corrected chi connectivity index (χ4v) is 2.64. The molecule has 0 aliphatic carbocycles. The van der Waals surface area contributed by atoms with E-state index in [4.69, 9.17) is 11.6 Å². The predicted molar refractivity (Wildman–Crippen MR) is 103 cm³/mol. The minimum absolute atomic E-state index is 0.0928. The first-order valence-electron chi connectivity index (χ1n) is 8.12. The van der Waals surface area contributed by atoms with Gasteiger partial charge in [0.25, 0.3) is 0 Å². The van der Waals surface area contributed by atoms with Crippen molar-refractivity contribution in [3.8, 4) is 0 Å². The van der Waals surface area contributed by atoms with Crippen molar-refractivity contribution in [2.45, 2.75) is 13.1 Å². The molecule has 0 atom stereocenters. The van der Waals surface area contributed by atoms with Crippen LogP contribution in [0.1, 0.15) is 11.1 Å². The van der Waals surface area contributed by atoms with E-state index in [2.05, 4.69) is 20.6 Å². The van der Waals surface area contributed by atoms with Crippen LogP contribution in [-0.4, -0.2) is 14.9 Å². The molecule has 150 valence electrons. The molecule has 1 heterocycles. The summed E-state index contributed by atoms with van der Waals surface area (Å²) in [4.78, 5) is 18.7. The first kappa shape index (κ1) is 20.3. The van der Waals surface area contributed by atoms with Gasteiger partial charge in [-0.2, -0.15) is 13.2 Å². The molecule has 0 spiro atoms. The average Bonchev–Trinajstić information content (AvgIpc) is 2.64. The monoisotopic (exact) mass is 423 g/mol. The van der Waals surface area contributed by atoms with Gasteiger partial charge >= 0.3 is 11.9 Å². The van der Waals surface area contributed by atoms with Crippen molar-refractivity contribution < 1.29 is 18.1 Å². The van der Waals surface area contributed by atoms with Crippen LogP contribution in [0.2, 0.25) is 5.02 Å². The highest BCUT2D eigenvalue weighted by Crippen LogP contribution is 2.35. The van der Waals surface area contributed by atoms with Crippen LogP contribution in [0.5, 0.6) is 0 Å². The molecule has 2 N–H and O–H groups in total. The molecule has 1 aromatic heterocycles. The lowest BCUT2D eigenvalue weighted by Gasteiger charge is -2.12. The van der Waals surface area contributed by atoms with Crippen molar-refractivity contribution in [3.05, 3.63) is 75.1 Å². The Bertz CT molecular complexity index is 1060. The van der Waals surface area contributed by atoms with E-state index in [1.165, 1.54) is 0 Å². The van der Waals surface area contributed by atoms with Crippen molar-refractivity contribution >= 4 is 40.3 Å². The van der Waals surface area contributed by atoms with Gasteiger partial charge in [-0.1, -0.05) is 17.7 Å². The third kappa shape index (κ3) is 4.72. The zero-order chi connectivity index (χ0) is 21.2. The Morgan fingerprint density at radius 1 is 1.03 bits per heavy atom. The highest BCUT2D eigenvalue weighted by molar-refractivity contribution is 6.30. The Kier molecular flexibility index (Phi) is 5.55. The standard InChI is InChI=1S/C18H13ClF3N5O2/c1-10-2-5-12(19)8-14(10)26-17-15(27(28)29)16(23-9-24-17)25-13-6-3-11(4-7-13)18(20,21)22/h2-9H,1H3,(H2,23,24,25,26). The van der Waals surface area contributed by atoms with E-state index in [-0.39, 0.29) is 17.3 Å². The number of benzene rings is 2. The van der Waals surface area contributed by atoms with E-state index >= 15 is 0 Å². The third-order valence-corrected chi connectivity index (χ3v) is 4.17. The maximum Gasteiger partial charge on any atom is 0.416 e. The largest absolute Gasteiger partial charge is 0.416 e. The number of aromatic nitrogens is 2. The topological polar surface area (TPSA) is 93.0 Å². The summed E-state index contributed by atoms with van der Waals surface area (Å²) in [6, 6.07) is 9.04. The lowest BCUT2D eigenvalue weighted by molar-refractivity contribution is -0.383. The van der Waals surface area contributed by atoms with Gasteiger partial charge in [0.2, 0.25) is 11.6 Å². The van der Waals surface area contributed by atoms with Gasteiger partial charge in [-0.25, -0.2) is 9.97 Å². The smallest absolute Gasteiger partial charge is 0.334 e. The second-order valence-electron chi connectivity index (χ2n) is 5.96. The van der Waals surface area contributed by atoms with Gasteiger partial charge in [-0.05, 0) is 48.9 Å². The maximum atomic E-state index is 12.7. The first-order chi connectivity index (χ1) is 13.6. The van der Waals surface area contributed by atoms with Crippen molar-refractivity contribution in [1.82, 2.24) is 9.97 Å². The van der Waals surface area contributed by atoms with Gasteiger partial charge in [0.15, 0.2) is 0 Å². The number of nitro groups is 1. The minimum atomic E-state index is -4.48. The van der Waals surface area contributed by atoms with Crippen molar-refractivity contribution in [2.75, 3.05) is 10.6 Å². The fraction of sp³-hybridized carbons (Fsp3) is 0.111. The van der Waals surface area contributed by atoms with Crippen molar-refractivity contribution in [3.63, 3.8) is 0 Å². The van der Waals surface area contributed by atoms with Crippen LogP contribution in [0.4, 0.5) is 41.9 Å². The SMILES string of the molecule is Cc1ccc(Cl)cc1Nc1ncnc(Nc2ccc(C(F)(F)F)cc2)c1[N+](=O)[O-]. The van der Waals surface area contributed by atoms with Gasteiger partial charge in [-0.3, -0.25) is 10.1 Å². The molecule has 3 aromatic rings. The molecular formula is C18H13ClF3N5O2. The zero-order valence-electron chi connectivity index (χ0n) is 14.8.